The highest BCUT2D eigenvalue weighted by Gasteiger charge is 2.09. The average molecular weight is 395 g/mol. The van der Waals surface area contributed by atoms with Gasteiger partial charge in [-0.2, -0.15) is 0 Å². The molecule has 0 spiro atoms. The highest BCUT2D eigenvalue weighted by atomic mass is 15.0. The van der Waals surface area contributed by atoms with Gasteiger partial charge in [-0.25, -0.2) is 4.98 Å². The van der Waals surface area contributed by atoms with Gasteiger partial charge in [0.2, 0.25) is 0 Å². The summed E-state index contributed by atoms with van der Waals surface area (Å²) in [5, 5.41) is 4.92. The van der Waals surface area contributed by atoms with Crippen molar-refractivity contribution in [1.82, 2.24) is 19.9 Å². The van der Waals surface area contributed by atoms with E-state index in [-0.39, 0.29) is 0 Å². The Hall–Kier alpha value is -3.37. The molecule has 0 saturated heterocycles. The number of para-hydroxylation sites is 3. The fourth-order valence-corrected chi connectivity index (χ4v) is 4.12. The molecule has 4 heteroatoms. The monoisotopic (exact) mass is 394 g/mol. The predicted octanol–water partition coefficient (Wildman–Crippen LogP) is 5.21. The van der Waals surface area contributed by atoms with E-state index in [1.54, 1.807) is 0 Å². The quantitative estimate of drug-likeness (QED) is 0.372. The lowest BCUT2D eigenvalue weighted by Gasteiger charge is -2.08. The summed E-state index contributed by atoms with van der Waals surface area (Å²) in [5.41, 5.74) is 7.46. The molecular weight excluding hydrogens is 368 g/mol. The Morgan fingerprint density at radius 1 is 0.900 bits per heavy atom. The van der Waals surface area contributed by atoms with Gasteiger partial charge in [0, 0.05) is 43.2 Å². The van der Waals surface area contributed by atoms with Crippen LogP contribution in [-0.2, 0) is 19.5 Å². The Kier molecular flexibility index (Phi) is 5.08. The molecule has 150 valence electrons. The Morgan fingerprint density at radius 3 is 2.60 bits per heavy atom. The van der Waals surface area contributed by atoms with Crippen LogP contribution < -0.4 is 5.32 Å². The van der Waals surface area contributed by atoms with E-state index in [9.17, 15) is 0 Å². The molecule has 0 atom stereocenters. The number of hydrogen-bond donors (Lipinski definition) is 2. The van der Waals surface area contributed by atoms with Crippen LogP contribution in [0.2, 0.25) is 0 Å². The van der Waals surface area contributed by atoms with Gasteiger partial charge < -0.3 is 14.9 Å². The van der Waals surface area contributed by atoms with Gasteiger partial charge in [0.25, 0.3) is 0 Å². The molecule has 5 aromatic rings. The van der Waals surface area contributed by atoms with E-state index >= 15 is 0 Å². The second kappa shape index (κ2) is 8.17. The molecule has 0 aliphatic rings. The Bertz CT molecular complexity index is 1260. The molecule has 0 saturated carbocycles. The molecule has 2 aromatic heterocycles. The third-order valence-electron chi connectivity index (χ3n) is 5.77. The van der Waals surface area contributed by atoms with Crippen LogP contribution in [0.1, 0.15) is 22.5 Å². The van der Waals surface area contributed by atoms with Gasteiger partial charge in [-0.15, -0.1) is 0 Å². The van der Waals surface area contributed by atoms with Crippen molar-refractivity contribution in [2.45, 2.75) is 26.4 Å². The predicted molar refractivity (Wildman–Crippen MR) is 124 cm³/mol. The molecule has 0 amide bonds. The SMILES string of the molecule is Cc1ccccc1Cn1cc(CNCCc2nc3ccccc3[nH]2)c2ccccc21. The summed E-state index contributed by atoms with van der Waals surface area (Å²) < 4.78 is 2.37. The van der Waals surface area contributed by atoms with Crippen molar-refractivity contribution in [1.29, 1.82) is 0 Å². The highest BCUT2D eigenvalue weighted by Crippen LogP contribution is 2.23. The highest BCUT2D eigenvalue weighted by molar-refractivity contribution is 5.84. The number of aromatic amines is 1. The van der Waals surface area contributed by atoms with Crippen molar-refractivity contribution in [3.8, 4) is 0 Å². The van der Waals surface area contributed by atoms with Crippen molar-refractivity contribution in [2.24, 2.45) is 0 Å². The number of nitrogens with zero attached hydrogens (tertiary/aromatic N) is 2. The van der Waals surface area contributed by atoms with Crippen molar-refractivity contribution < 1.29 is 0 Å². The van der Waals surface area contributed by atoms with E-state index in [0.717, 1.165) is 42.9 Å². The normalized spacial score (nSPS) is 11.5. The molecule has 0 radical (unpaired) electrons. The van der Waals surface area contributed by atoms with Gasteiger partial charge in [0.05, 0.1) is 11.0 Å². The van der Waals surface area contributed by atoms with E-state index < -0.39 is 0 Å². The molecular formula is C26H26N4. The standard InChI is InChI=1S/C26H26N4/c1-19-8-2-3-9-20(19)17-30-18-21(22-10-4-7-13-25(22)30)16-27-15-14-26-28-23-11-5-6-12-24(23)29-26/h2-13,18,27H,14-17H2,1H3,(H,28,29). The van der Waals surface area contributed by atoms with Crippen LogP contribution in [0.4, 0.5) is 0 Å². The topological polar surface area (TPSA) is 45.6 Å². The summed E-state index contributed by atoms with van der Waals surface area (Å²) in [7, 11) is 0. The number of benzene rings is 3. The third kappa shape index (κ3) is 3.74. The van der Waals surface area contributed by atoms with Gasteiger partial charge in [0.1, 0.15) is 5.82 Å². The van der Waals surface area contributed by atoms with Crippen molar-refractivity contribution in [3.05, 3.63) is 102 Å². The molecule has 0 aliphatic heterocycles. The second-order valence-corrected chi connectivity index (χ2v) is 7.85. The molecule has 2 N–H and O–H groups in total. The number of aryl methyl sites for hydroxylation is 1. The minimum atomic E-state index is 0.849. The number of nitrogens with one attached hydrogen (secondary N) is 2. The van der Waals surface area contributed by atoms with Gasteiger partial charge >= 0.3 is 0 Å². The lowest BCUT2D eigenvalue weighted by Crippen LogP contribution is -2.17. The summed E-state index contributed by atoms with van der Waals surface area (Å²) in [6.07, 6.45) is 3.18. The fraction of sp³-hybridized carbons (Fsp3) is 0.192. The van der Waals surface area contributed by atoms with Crippen LogP contribution in [0.25, 0.3) is 21.9 Å². The number of aromatic nitrogens is 3. The molecule has 0 aliphatic carbocycles. The van der Waals surface area contributed by atoms with Gasteiger partial charge in [-0.05, 0) is 41.8 Å². The summed E-state index contributed by atoms with van der Waals surface area (Å²) in [5.74, 6) is 1.03. The molecule has 2 heterocycles. The zero-order chi connectivity index (χ0) is 20.3. The minimum absolute atomic E-state index is 0.849. The van der Waals surface area contributed by atoms with E-state index in [4.69, 9.17) is 0 Å². The Labute approximate surface area is 176 Å². The number of H-pyrrole nitrogens is 1. The first-order valence-corrected chi connectivity index (χ1v) is 10.5. The van der Waals surface area contributed by atoms with Gasteiger partial charge in [-0.3, -0.25) is 0 Å². The van der Waals surface area contributed by atoms with Crippen molar-refractivity contribution in [3.63, 3.8) is 0 Å². The average Bonchev–Trinajstić information content (AvgIpc) is 3.34. The van der Waals surface area contributed by atoms with Crippen LogP contribution in [-0.4, -0.2) is 21.1 Å². The Balaban J connectivity index is 1.29. The summed E-state index contributed by atoms with van der Waals surface area (Å²) in [6, 6.07) is 25.5. The summed E-state index contributed by atoms with van der Waals surface area (Å²) in [6.45, 7) is 4.81. The second-order valence-electron chi connectivity index (χ2n) is 7.85. The third-order valence-corrected chi connectivity index (χ3v) is 5.77. The molecule has 30 heavy (non-hydrogen) atoms. The Morgan fingerprint density at radius 2 is 1.70 bits per heavy atom. The zero-order valence-electron chi connectivity index (χ0n) is 17.2. The van der Waals surface area contributed by atoms with Crippen LogP contribution in [0.3, 0.4) is 0 Å². The van der Waals surface area contributed by atoms with Gasteiger partial charge in [0.15, 0.2) is 0 Å². The first-order valence-electron chi connectivity index (χ1n) is 10.5. The zero-order valence-corrected chi connectivity index (χ0v) is 17.2. The molecule has 0 bridgehead atoms. The van der Waals surface area contributed by atoms with Crippen LogP contribution in [0, 0.1) is 6.92 Å². The van der Waals surface area contributed by atoms with Crippen molar-refractivity contribution >= 4 is 21.9 Å². The van der Waals surface area contributed by atoms with E-state index in [1.165, 1.54) is 27.6 Å². The molecule has 0 fully saturated rings. The first kappa shape index (κ1) is 18.6. The minimum Gasteiger partial charge on any atom is -0.343 e. The maximum atomic E-state index is 4.67. The lowest BCUT2D eigenvalue weighted by molar-refractivity contribution is 0.674. The summed E-state index contributed by atoms with van der Waals surface area (Å²) >= 11 is 0. The molecule has 4 nitrogen and oxygen atoms in total. The fourth-order valence-electron chi connectivity index (χ4n) is 4.12. The van der Waals surface area contributed by atoms with Crippen LogP contribution in [0.15, 0.2) is 79.0 Å². The lowest BCUT2D eigenvalue weighted by atomic mass is 10.1. The summed E-state index contributed by atoms with van der Waals surface area (Å²) in [4.78, 5) is 8.07. The number of fused-ring (bicyclic) bond motifs is 2. The maximum absolute atomic E-state index is 4.67. The maximum Gasteiger partial charge on any atom is 0.108 e. The van der Waals surface area contributed by atoms with Crippen LogP contribution >= 0.6 is 0 Å². The van der Waals surface area contributed by atoms with Gasteiger partial charge in [-0.1, -0.05) is 54.6 Å². The molecule has 3 aromatic carbocycles. The van der Waals surface area contributed by atoms with E-state index in [0.29, 0.717) is 0 Å². The molecule has 0 unspecified atom stereocenters. The van der Waals surface area contributed by atoms with Crippen LogP contribution in [0.5, 0.6) is 0 Å². The van der Waals surface area contributed by atoms with E-state index in [2.05, 4.69) is 87.6 Å². The number of rotatable bonds is 7. The van der Waals surface area contributed by atoms with Crippen molar-refractivity contribution in [2.75, 3.05) is 6.54 Å². The number of hydrogen-bond acceptors (Lipinski definition) is 2. The first-order chi connectivity index (χ1) is 14.8. The van der Waals surface area contributed by atoms with E-state index in [1.807, 2.05) is 18.2 Å². The smallest absolute Gasteiger partial charge is 0.108 e. The largest absolute Gasteiger partial charge is 0.343 e. The molecule has 5 rings (SSSR count). The number of imidazole rings is 1.